The predicted molar refractivity (Wildman–Crippen MR) is 65.3 cm³/mol. The Labute approximate surface area is 80.1 Å². The molecule has 0 aliphatic carbocycles. The highest BCUT2D eigenvalue weighted by Crippen LogP contribution is 2.23. The summed E-state index contributed by atoms with van der Waals surface area (Å²) in [7, 11) is -1.82. The van der Waals surface area contributed by atoms with Crippen molar-refractivity contribution in [2.24, 2.45) is 0 Å². The van der Waals surface area contributed by atoms with Gasteiger partial charge in [0.1, 0.15) is 0 Å². The highest BCUT2D eigenvalue weighted by Gasteiger charge is 2.23. The summed E-state index contributed by atoms with van der Waals surface area (Å²) in [5.41, 5.74) is 2.23. The van der Waals surface area contributed by atoms with Gasteiger partial charge in [0.25, 0.3) is 0 Å². The molecule has 0 rings (SSSR count). The molecule has 72 valence electrons. The molecule has 12 heavy (non-hydrogen) atoms. The SMILES string of the molecule is C=C[Si](C)(C)CC[Si](C)(C)CC. The lowest BCUT2D eigenvalue weighted by molar-refractivity contribution is 1.22. The summed E-state index contributed by atoms with van der Waals surface area (Å²) >= 11 is 0. The minimum atomic E-state index is -1.00. The van der Waals surface area contributed by atoms with Crippen molar-refractivity contribution in [3.8, 4) is 0 Å². The third kappa shape index (κ3) is 4.93. The Bertz CT molecular complexity index is 148. The lowest BCUT2D eigenvalue weighted by atomic mass is 10.9. The molecule has 0 N–H and O–H groups in total. The maximum absolute atomic E-state index is 3.94. The molecule has 0 amide bonds. The number of rotatable bonds is 5. The second kappa shape index (κ2) is 4.42. The minimum absolute atomic E-state index is 0.816. The van der Waals surface area contributed by atoms with Gasteiger partial charge >= 0.3 is 0 Å². The molecule has 0 saturated heterocycles. The molecule has 0 unspecified atom stereocenters. The molecule has 0 fully saturated rings. The van der Waals surface area contributed by atoms with Crippen LogP contribution in [0.2, 0.25) is 44.3 Å². The molecule has 0 spiro atoms. The third-order valence-corrected chi connectivity index (χ3v) is 9.62. The van der Waals surface area contributed by atoms with E-state index in [1.807, 2.05) is 0 Å². The molecule has 0 bridgehead atoms. The third-order valence-electron chi connectivity index (χ3n) is 2.96. The Morgan fingerprint density at radius 2 is 1.58 bits per heavy atom. The van der Waals surface area contributed by atoms with Crippen LogP contribution in [-0.4, -0.2) is 16.1 Å². The van der Waals surface area contributed by atoms with E-state index in [9.17, 15) is 0 Å². The maximum atomic E-state index is 3.94. The van der Waals surface area contributed by atoms with Gasteiger partial charge < -0.3 is 0 Å². The molecule has 0 aromatic carbocycles. The average molecular weight is 200 g/mol. The number of hydrogen-bond acceptors (Lipinski definition) is 0. The van der Waals surface area contributed by atoms with E-state index >= 15 is 0 Å². The van der Waals surface area contributed by atoms with Crippen molar-refractivity contribution in [3.05, 3.63) is 12.3 Å². The van der Waals surface area contributed by atoms with Crippen molar-refractivity contribution < 1.29 is 0 Å². The first-order chi connectivity index (χ1) is 5.33. The van der Waals surface area contributed by atoms with Crippen molar-refractivity contribution in [1.29, 1.82) is 0 Å². The van der Waals surface area contributed by atoms with E-state index in [1.165, 1.54) is 18.1 Å². The van der Waals surface area contributed by atoms with E-state index < -0.39 is 16.1 Å². The fourth-order valence-electron chi connectivity index (χ4n) is 0.939. The van der Waals surface area contributed by atoms with Crippen molar-refractivity contribution in [3.63, 3.8) is 0 Å². The molecule has 2 heteroatoms. The summed E-state index contributed by atoms with van der Waals surface area (Å²) in [5.74, 6) is 0. The van der Waals surface area contributed by atoms with Crippen LogP contribution in [0.15, 0.2) is 12.3 Å². The normalized spacial score (nSPS) is 13.1. The van der Waals surface area contributed by atoms with Crippen molar-refractivity contribution in [2.75, 3.05) is 0 Å². The van der Waals surface area contributed by atoms with E-state index in [4.69, 9.17) is 0 Å². The van der Waals surface area contributed by atoms with Gasteiger partial charge in [-0.1, -0.05) is 51.2 Å². The monoisotopic (exact) mass is 200 g/mol. The highest BCUT2D eigenvalue weighted by molar-refractivity contribution is 6.85. The molecule has 0 nitrogen and oxygen atoms in total. The molecule has 0 aromatic rings. The largest absolute Gasteiger partial charge is 0.107 e. The Morgan fingerprint density at radius 3 is 1.92 bits per heavy atom. The standard InChI is InChI=1S/C10H24Si2/c1-7-11(3,4)9-10-12(5,6)8-2/h7H,1,8-10H2,2-6H3. The van der Waals surface area contributed by atoms with E-state index in [0.717, 1.165) is 0 Å². The summed E-state index contributed by atoms with van der Waals surface area (Å²) in [6, 6.07) is 4.37. The first kappa shape index (κ1) is 12.2. The van der Waals surface area contributed by atoms with E-state index in [2.05, 4.69) is 45.4 Å². The van der Waals surface area contributed by atoms with Gasteiger partial charge in [0, 0.05) is 8.07 Å². The number of hydrogen-bond donors (Lipinski definition) is 0. The first-order valence-electron chi connectivity index (χ1n) is 4.96. The van der Waals surface area contributed by atoms with Crippen molar-refractivity contribution >= 4 is 16.1 Å². The van der Waals surface area contributed by atoms with Crippen LogP contribution in [0.5, 0.6) is 0 Å². The quantitative estimate of drug-likeness (QED) is 0.585. The van der Waals surface area contributed by atoms with E-state index in [0.29, 0.717) is 0 Å². The van der Waals surface area contributed by atoms with Crippen LogP contribution in [0.1, 0.15) is 6.92 Å². The van der Waals surface area contributed by atoms with Gasteiger partial charge in [0.05, 0.1) is 8.07 Å². The predicted octanol–water partition coefficient (Wildman–Crippen LogP) is 4.15. The maximum Gasteiger partial charge on any atom is 0.0706 e. The molecule has 0 saturated carbocycles. The molecule has 0 aliphatic heterocycles. The summed E-state index contributed by atoms with van der Waals surface area (Å²) < 4.78 is 0. The molecule has 0 heterocycles. The lowest BCUT2D eigenvalue weighted by Crippen LogP contribution is -2.30. The Balaban J connectivity index is 3.90. The zero-order valence-electron chi connectivity index (χ0n) is 9.41. The second-order valence-electron chi connectivity index (χ2n) is 5.21. The molecule has 0 radical (unpaired) electrons. The molecular formula is C10H24Si2. The average Bonchev–Trinajstić information content (AvgIpc) is 2.02. The Morgan fingerprint density at radius 1 is 1.08 bits per heavy atom. The van der Waals surface area contributed by atoms with Crippen LogP contribution in [0.4, 0.5) is 0 Å². The van der Waals surface area contributed by atoms with Gasteiger partial charge in [-0.2, -0.15) is 0 Å². The topological polar surface area (TPSA) is 0 Å². The zero-order valence-corrected chi connectivity index (χ0v) is 11.4. The van der Waals surface area contributed by atoms with Crippen LogP contribution >= 0.6 is 0 Å². The summed E-state index contributed by atoms with van der Waals surface area (Å²) in [6.07, 6.45) is 0. The van der Waals surface area contributed by atoms with Gasteiger partial charge in [-0.25, -0.2) is 0 Å². The van der Waals surface area contributed by atoms with Crippen molar-refractivity contribution in [2.45, 2.75) is 51.2 Å². The van der Waals surface area contributed by atoms with E-state index in [1.54, 1.807) is 0 Å². The Kier molecular flexibility index (Phi) is 4.49. The second-order valence-corrected chi connectivity index (χ2v) is 15.6. The van der Waals surface area contributed by atoms with Crippen LogP contribution < -0.4 is 0 Å². The van der Waals surface area contributed by atoms with Gasteiger partial charge in [-0.3, -0.25) is 0 Å². The van der Waals surface area contributed by atoms with E-state index in [-0.39, 0.29) is 0 Å². The Hall–Kier alpha value is 0.174. The highest BCUT2D eigenvalue weighted by atomic mass is 28.3. The zero-order chi connectivity index (χ0) is 9.83. The van der Waals surface area contributed by atoms with Crippen LogP contribution in [0.25, 0.3) is 0 Å². The molecule has 0 aliphatic rings. The smallest absolute Gasteiger partial charge is 0.0706 e. The first-order valence-corrected chi connectivity index (χ1v) is 11.7. The molecule has 0 atom stereocenters. The summed E-state index contributed by atoms with van der Waals surface area (Å²) in [4.78, 5) is 0. The molecular weight excluding hydrogens is 176 g/mol. The summed E-state index contributed by atoms with van der Waals surface area (Å²) in [5, 5.41) is 0. The summed E-state index contributed by atoms with van der Waals surface area (Å²) in [6.45, 7) is 16.1. The molecule has 0 aromatic heterocycles. The van der Waals surface area contributed by atoms with Crippen LogP contribution in [0.3, 0.4) is 0 Å². The minimum Gasteiger partial charge on any atom is -0.107 e. The fourth-order valence-corrected chi connectivity index (χ4v) is 6.78. The van der Waals surface area contributed by atoms with Crippen LogP contribution in [0, 0.1) is 0 Å². The van der Waals surface area contributed by atoms with Gasteiger partial charge in [-0.05, 0) is 0 Å². The fraction of sp³-hybridized carbons (Fsp3) is 0.800. The van der Waals surface area contributed by atoms with Gasteiger partial charge in [0.2, 0.25) is 0 Å². The lowest BCUT2D eigenvalue weighted by Gasteiger charge is -2.25. The van der Waals surface area contributed by atoms with Gasteiger partial charge in [-0.15, -0.1) is 12.3 Å². The van der Waals surface area contributed by atoms with Crippen LogP contribution in [-0.2, 0) is 0 Å². The van der Waals surface area contributed by atoms with Crippen molar-refractivity contribution in [1.82, 2.24) is 0 Å². The van der Waals surface area contributed by atoms with Gasteiger partial charge in [0.15, 0.2) is 0 Å².